The number of benzene rings is 2. The highest BCUT2D eigenvalue weighted by molar-refractivity contribution is 5.98. The first kappa shape index (κ1) is 19.4. The van der Waals surface area contributed by atoms with Gasteiger partial charge in [0.25, 0.3) is 0 Å². The number of rotatable bonds is 5. The Hall–Kier alpha value is -2.88. The summed E-state index contributed by atoms with van der Waals surface area (Å²) in [6.45, 7) is 7.97. The van der Waals surface area contributed by atoms with Crippen molar-refractivity contribution >= 4 is 23.6 Å². The number of nitrogens with one attached hydrogen (secondary N) is 1. The van der Waals surface area contributed by atoms with Gasteiger partial charge in [-0.3, -0.25) is 9.59 Å². The molecule has 4 heteroatoms. The molecule has 26 heavy (non-hydrogen) atoms. The maximum atomic E-state index is 12.3. The van der Waals surface area contributed by atoms with Crippen LogP contribution in [0.15, 0.2) is 42.5 Å². The zero-order valence-electron chi connectivity index (χ0n) is 16.1. The Morgan fingerprint density at radius 2 is 1.65 bits per heavy atom. The van der Waals surface area contributed by atoms with Crippen LogP contribution in [0.5, 0.6) is 0 Å². The van der Waals surface area contributed by atoms with E-state index in [1.165, 1.54) is 11.0 Å². The summed E-state index contributed by atoms with van der Waals surface area (Å²) in [7, 11) is 1.62. The molecule has 0 unspecified atom stereocenters. The van der Waals surface area contributed by atoms with Gasteiger partial charge in [-0.05, 0) is 50.5 Å². The van der Waals surface area contributed by atoms with Gasteiger partial charge in [-0.25, -0.2) is 0 Å². The summed E-state index contributed by atoms with van der Waals surface area (Å²) in [5, 5.41) is 2.92. The van der Waals surface area contributed by atoms with E-state index in [2.05, 4.69) is 5.32 Å². The van der Waals surface area contributed by atoms with Crippen LogP contribution in [-0.4, -0.2) is 30.3 Å². The SMILES string of the molecule is Cc1cccc(/C=C/C(=O)N(C)CC(=O)Nc2c(C)cc(C)cc2C)c1. The molecule has 136 valence electrons. The van der Waals surface area contributed by atoms with Crippen LogP contribution in [0.1, 0.15) is 27.8 Å². The molecule has 2 aromatic carbocycles. The average Bonchev–Trinajstić information content (AvgIpc) is 2.56. The van der Waals surface area contributed by atoms with Gasteiger partial charge in [0.1, 0.15) is 0 Å². The van der Waals surface area contributed by atoms with Crippen LogP contribution in [0.4, 0.5) is 5.69 Å². The van der Waals surface area contributed by atoms with Crippen molar-refractivity contribution in [3.63, 3.8) is 0 Å². The average molecular weight is 350 g/mol. The Morgan fingerprint density at radius 1 is 1.00 bits per heavy atom. The van der Waals surface area contributed by atoms with Crippen LogP contribution in [0.25, 0.3) is 6.08 Å². The molecule has 0 saturated carbocycles. The number of likely N-dealkylation sites (N-methyl/N-ethyl adjacent to an activating group) is 1. The highest BCUT2D eigenvalue weighted by atomic mass is 16.2. The number of amides is 2. The zero-order chi connectivity index (χ0) is 19.3. The molecule has 0 spiro atoms. The minimum absolute atomic E-state index is 0.00372. The fraction of sp³-hybridized carbons (Fsp3) is 0.273. The molecule has 0 aliphatic rings. The summed E-state index contributed by atoms with van der Waals surface area (Å²) in [6, 6.07) is 11.9. The van der Waals surface area contributed by atoms with Gasteiger partial charge in [-0.15, -0.1) is 0 Å². The number of carbonyl (C=O) groups excluding carboxylic acids is 2. The van der Waals surface area contributed by atoms with Crippen molar-refractivity contribution in [2.75, 3.05) is 18.9 Å². The topological polar surface area (TPSA) is 49.4 Å². The van der Waals surface area contributed by atoms with E-state index in [1.807, 2.05) is 64.1 Å². The molecule has 0 heterocycles. The Balaban J connectivity index is 1.97. The summed E-state index contributed by atoms with van der Waals surface area (Å²) in [5.41, 5.74) is 6.11. The highest BCUT2D eigenvalue weighted by Crippen LogP contribution is 2.21. The first-order valence-electron chi connectivity index (χ1n) is 8.64. The van der Waals surface area contributed by atoms with Gasteiger partial charge in [-0.2, -0.15) is 0 Å². The second-order valence-corrected chi connectivity index (χ2v) is 6.76. The van der Waals surface area contributed by atoms with E-state index in [4.69, 9.17) is 0 Å². The molecule has 4 nitrogen and oxygen atoms in total. The fourth-order valence-electron chi connectivity index (χ4n) is 2.92. The minimum atomic E-state index is -0.209. The van der Waals surface area contributed by atoms with Crippen molar-refractivity contribution in [1.82, 2.24) is 4.90 Å². The van der Waals surface area contributed by atoms with Crippen LogP contribution in [0.3, 0.4) is 0 Å². The third kappa shape index (κ3) is 5.31. The summed E-state index contributed by atoms with van der Waals surface area (Å²) < 4.78 is 0. The number of aryl methyl sites for hydroxylation is 4. The van der Waals surface area contributed by atoms with Crippen LogP contribution in [-0.2, 0) is 9.59 Å². The summed E-state index contributed by atoms with van der Waals surface area (Å²) in [6.07, 6.45) is 3.25. The highest BCUT2D eigenvalue weighted by Gasteiger charge is 2.13. The Bertz CT molecular complexity index is 830. The predicted molar refractivity (Wildman–Crippen MR) is 107 cm³/mol. The van der Waals surface area contributed by atoms with Gasteiger partial charge in [0, 0.05) is 18.8 Å². The third-order valence-corrected chi connectivity index (χ3v) is 4.16. The van der Waals surface area contributed by atoms with E-state index < -0.39 is 0 Å². The van der Waals surface area contributed by atoms with Gasteiger partial charge >= 0.3 is 0 Å². The van der Waals surface area contributed by atoms with E-state index in [-0.39, 0.29) is 18.4 Å². The van der Waals surface area contributed by atoms with Crippen LogP contribution >= 0.6 is 0 Å². The van der Waals surface area contributed by atoms with E-state index in [1.54, 1.807) is 13.1 Å². The number of nitrogens with zero attached hydrogens (tertiary/aromatic N) is 1. The molecule has 0 radical (unpaired) electrons. The molecule has 2 amide bonds. The molecular formula is C22H26N2O2. The Kier molecular flexibility index (Phi) is 6.34. The number of hydrogen-bond donors (Lipinski definition) is 1. The molecule has 0 aliphatic carbocycles. The molecule has 0 aliphatic heterocycles. The van der Waals surface area contributed by atoms with Gasteiger partial charge in [0.2, 0.25) is 11.8 Å². The largest absolute Gasteiger partial charge is 0.333 e. The second kappa shape index (κ2) is 8.48. The van der Waals surface area contributed by atoms with Crippen molar-refractivity contribution in [3.05, 3.63) is 70.3 Å². The quantitative estimate of drug-likeness (QED) is 0.828. The van der Waals surface area contributed by atoms with Gasteiger partial charge < -0.3 is 10.2 Å². The van der Waals surface area contributed by atoms with Crippen LogP contribution in [0.2, 0.25) is 0 Å². The lowest BCUT2D eigenvalue weighted by molar-refractivity contribution is -0.129. The molecule has 1 N–H and O–H groups in total. The Labute approximate surface area is 155 Å². The molecule has 0 aromatic heterocycles. The normalized spacial score (nSPS) is 10.8. The van der Waals surface area contributed by atoms with Crippen molar-refractivity contribution in [2.24, 2.45) is 0 Å². The lowest BCUT2D eigenvalue weighted by Crippen LogP contribution is -2.34. The summed E-state index contributed by atoms with van der Waals surface area (Å²) in [4.78, 5) is 25.9. The number of carbonyl (C=O) groups is 2. The summed E-state index contributed by atoms with van der Waals surface area (Å²) in [5.74, 6) is -0.418. The van der Waals surface area contributed by atoms with Crippen molar-refractivity contribution in [1.29, 1.82) is 0 Å². The molecule has 2 rings (SSSR count). The van der Waals surface area contributed by atoms with Gasteiger partial charge in [0.05, 0.1) is 6.54 Å². The zero-order valence-corrected chi connectivity index (χ0v) is 16.1. The Morgan fingerprint density at radius 3 is 2.27 bits per heavy atom. The molecule has 2 aromatic rings. The minimum Gasteiger partial charge on any atom is -0.333 e. The molecule has 0 saturated heterocycles. The second-order valence-electron chi connectivity index (χ2n) is 6.76. The van der Waals surface area contributed by atoms with Crippen molar-refractivity contribution in [3.8, 4) is 0 Å². The van der Waals surface area contributed by atoms with Crippen molar-refractivity contribution < 1.29 is 9.59 Å². The van der Waals surface area contributed by atoms with Crippen molar-refractivity contribution in [2.45, 2.75) is 27.7 Å². The first-order valence-corrected chi connectivity index (χ1v) is 8.64. The smallest absolute Gasteiger partial charge is 0.246 e. The number of hydrogen-bond acceptors (Lipinski definition) is 2. The molecule has 0 bridgehead atoms. The van der Waals surface area contributed by atoms with E-state index in [0.717, 1.165) is 33.5 Å². The van der Waals surface area contributed by atoms with E-state index in [0.29, 0.717) is 0 Å². The molecule has 0 atom stereocenters. The van der Waals surface area contributed by atoms with Crippen LogP contribution in [0, 0.1) is 27.7 Å². The van der Waals surface area contributed by atoms with Gasteiger partial charge in [-0.1, -0.05) is 47.5 Å². The maximum Gasteiger partial charge on any atom is 0.246 e. The van der Waals surface area contributed by atoms with E-state index >= 15 is 0 Å². The third-order valence-electron chi connectivity index (χ3n) is 4.16. The van der Waals surface area contributed by atoms with Crippen LogP contribution < -0.4 is 5.32 Å². The molecule has 0 fully saturated rings. The first-order chi connectivity index (χ1) is 12.3. The predicted octanol–water partition coefficient (Wildman–Crippen LogP) is 4.03. The fourth-order valence-corrected chi connectivity index (χ4v) is 2.92. The lowest BCUT2D eigenvalue weighted by Gasteiger charge is -2.17. The monoisotopic (exact) mass is 350 g/mol. The molecular weight excluding hydrogens is 324 g/mol. The van der Waals surface area contributed by atoms with E-state index in [9.17, 15) is 9.59 Å². The lowest BCUT2D eigenvalue weighted by atomic mass is 10.1. The maximum absolute atomic E-state index is 12.3. The standard InChI is InChI=1S/C22H26N2O2/c1-15-7-6-8-19(13-15)9-10-21(26)24(5)14-20(25)23-22-17(3)11-16(2)12-18(22)4/h6-13H,14H2,1-5H3,(H,23,25)/b10-9+. The van der Waals surface area contributed by atoms with Gasteiger partial charge in [0.15, 0.2) is 0 Å². The number of anilines is 1. The summed E-state index contributed by atoms with van der Waals surface area (Å²) >= 11 is 0.